The summed E-state index contributed by atoms with van der Waals surface area (Å²) in [5.41, 5.74) is 9.53. The number of hydrogen-bond donors (Lipinski definition) is 1. The van der Waals surface area contributed by atoms with Crippen molar-refractivity contribution in [3.63, 3.8) is 0 Å². The third-order valence-corrected chi connectivity index (χ3v) is 3.55. The van der Waals surface area contributed by atoms with Crippen molar-refractivity contribution in [3.05, 3.63) is 52.3 Å². The minimum atomic E-state index is -0.236. The maximum absolute atomic E-state index is 12.9. The van der Waals surface area contributed by atoms with Gasteiger partial charge in [-0.15, -0.1) is 0 Å². The summed E-state index contributed by atoms with van der Waals surface area (Å²) in [6.07, 6.45) is 0. The first kappa shape index (κ1) is 12.9. The van der Waals surface area contributed by atoms with Crippen molar-refractivity contribution in [2.24, 2.45) is 0 Å². The first-order valence-electron chi connectivity index (χ1n) is 5.54. The number of nitrogens with zero attached hydrogens (tertiary/aromatic N) is 1. The largest absolute Gasteiger partial charge is 0.398 e. The summed E-state index contributed by atoms with van der Waals surface area (Å²) in [6.45, 7) is 1.96. The van der Waals surface area contributed by atoms with Crippen molar-refractivity contribution in [2.75, 3.05) is 17.7 Å². The van der Waals surface area contributed by atoms with Gasteiger partial charge < -0.3 is 10.6 Å². The van der Waals surface area contributed by atoms with E-state index in [1.54, 1.807) is 12.1 Å². The molecule has 0 bridgehead atoms. The average Bonchev–Trinajstić information content (AvgIpc) is 2.34. The van der Waals surface area contributed by atoms with Gasteiger partial charge in [0.1, 0.15) is 5.82 Å². The van der Waals surface area contributed by atoms with Crippen LogP contribution in [0.4, 0.5) is 21.5 Å². The van der Waals surface area contributed by atoms with E-state index in [4.69, 9.17) is 5.73 Å². The highest BCUT2D eigenvalue weighted by atomic mass is 79.9. The van der Waals surface area contributed by atoms with Gasteiger partial charge >= 0.3 is 0 Å². The lowest BCUT2D eigenvalue weighted by atomic mass is 10.1. The number of anilines is 3. The van der Waals surface area contributed by atoms with Gasteiger partial charge in [0.2, 0.25) is 0 Å². The molecule has 0 aliphatic carbocycles. The number of benzene rings is 2. The SMILES string of the molecule is Cc1cc(N(C)c2ccc(F)cc2)c(Br)cc1N. The van der Waals surface area contributed by atoms with E-state index < -0.39 is 0 Å². The highest BCUT2D eigenvalue weighted by molar-refractivity contribution is 9.10. The van der Waals surface area contributed by atoms with Gasteiger partial charge in [0.05, 0.1) is 5.69 Å². The lowest BCUT2D eigenvalue weighted by Crippen LogP contribution is -2.10. The van der Waals surface area contributed by atoms with Crippen LogP contribution in [0.5, 0.6) is 0 Å². The molecule has 4 heteroatoms. The van der Waals surface area contributed by atoms with Crippen LogP contribution in [0.25, 0.3) is 0 Å². The Kier molecular flexibility index (Phi) is 3.57. The standard InChI is InChI=1S/C14H14BrFN2/c1-9-7-14(12(15)8-13(9)17)18(2)11-5-3-10(16)4-6-11/h3-8H,17H2,1-2H3. The van der Waals surface area contributed by atoms with Crippen molar-refractivity contribution in [3.8, 4) is 0 Å². The van der Waals surface area contributed by atoms with Gasteiger partial charge in [-0.25, -0.2) is 4.39 Å². The topological polar surface area (TPSA) is 29.3 Å². The molecular formula is C14H14BrFN2. The predicted molar refractivity (Wildman–Crippen MR) is 77.8 cm³/mol. The van der Waals surface area contributed by atoms with Gasteiger partial charge in [-0.2, -0.15) is 0 Å². The van der Waals surface area contributed by atoms with Gasteiger partial charge in [0.25, 0.3) is 0 Å². The Labute approximate surface area is 114 Å². The van der Waals surface area contributed by atoms with E-state index in [2.05, 4.69) is 15.9 Å². The number of hydrogen-bond acceptors (Lipinski definition) is 2. The summed E-state index contributed by atoms with van der Waals surface area (Å²) in [5, 5.41) is 0. The van der Waals surface area contributed by atoms with Crippen molar-refractivity contribution in [2.45, 2.75) is 6.92 Å². The van der Waals surface area contributed by atoms with E-state index in [1.165, 1.54) is 12.1 Å². The number of rotatable bonds is 2. The molecule has 0 saturated carbocycles. The van der Waals surface area contributed by atoms with Gasteiger partial charge in [-0.3, -0.25) is 0 Å². The molecule has 0 aromatic heterocycles. The second-order valence-corrected chi connectivity index (χ2v) is 5.05. The number of nitrogens with two attached hydrogens (primary N) is 1. The summed E-state index contributed by atoms with van der Waals surface area (Å²) in [5.74, 6) is -0.236. The summed E-state index contributed by atoms with van der Waals surface area (Å²) >= 11 is 3.50. The fraction of sp³-hybridized carbons (Fsp3) is 0.143. The number of aryl methyl sites for hydroxylation is 1. The van der Waals surface area contributed by atoms with Crippen molar-refractivity contribution >= 4 is 33.0 Å². The minimum absolute atomic E-state index is 0.236. The van der Waals surface area contributed by atoms with Crippen molar-refractivity contribution in [1.82, 2.24) is 0 Å². The van der Waals surface area contributed by atoms with E-state index in [1.807, 2.05) is 31.0 Å². The molecule has 2 aromatic rings. The Morgan fingerprint density at radius 2 is 1.78 bits per heavy atom. The van der Waals surface area contributed by atoms with Crippen LogP contribution in [-0.4, -0.2) is 7.05 Å². The van der Waals surface area contributed by atoms with Crippen LogP contribution in [0.2, 0.25) is 0 Å². The fourth-order valence-electron chi connectivity index (χ4n) is 1.74. The zero-order valence-corrected chi connectivity index (χ0v) is 11.8. The Hall–Kier alpha value is -1.55. The van der Waals surface area contributed by atoms with Gasteiger partial charge in [-0.05, 0) is 64.8 Å². The molecule has 0 saturated heterocycles. The third-order valence-electron chi connectivity index (χ3n) is 2.91. The molecule has 2 aromatic carbocycles. The zero-order chi connectivity index (χ0) is 13.3. The molecule has 0 aliphatic heterocycles. The lowest BCUT2D eigenvalue weighted by molar-refractivity contribution is 0.628. The van der Waals surface area contributed by atoms with Crippen LogP contribution in [-0.2, 0) is 0 Å². The zero-order valence-electron chi connectivity index (χ0n) is 10.2. The molecule has 2 nitrogen and oxygen atoms in total. The molecule has 0 heterocycles. The average molecular weight is 309 g/mol. The first-order chi connectivity index (χ1) is 8.49. The molecule has 0 aliphatic rings. The molecule has 2 N–H and O–H groups in total. The molecule has 94 valence electrons. The summed E-state index contributed by atoms with van der Waals surface area (Å²) in [6, 6.07) is 10.3. The van der Waals surface area contributed by atoms with Crippen LogP contribution < -0.4 is 10.6 Å². The van der Waals surface area contributed by atoms with Crippen LogP contribution in [0.1, 0.15) is 5.56 Å². The Balaban J connectivity index is 2.42. The van der Waals surface area contributed by atoms with Crippen molar-refractivity contribution in [1.29, 1.82) is 0 Å². The van der Waals surface area contributed by atoms with Gasteiger partial charge in [-0.1, -0.05) is 0 Å². The van der Waals surface area contributed by atoms with E-state index >= 15 is 0 Å². The highest BCUT2D eigenvalue weighted by Crippen LogP contribution is 2.34. The maximum Gasteiger partial charge on any atom is 0.123 e. The number of nitrogen functional groups attached to an aromatic ring is 1. The molecule has 0 spiro atoms. The number of halogens is 2. The molecule has 0 amide bonds. The normalized spacial score (nSPS) is 10.4. The van der Waals surface area contributed by atoms with E-state index in [9.17, 15) is 4.39 Å². The maximum atomic E-state index is 12.9. The smallest absolute Gasteiger partial charge is 0.123 e. The van der Waals surface area contributed by atoms with Crippen LogP contribution in [0.3, 0.4) is 0 Å². The monoisotopic (exact) mass is 308 g/mol. The Morgan fingerprint density at radius 3 is 2.39 bits per heavy atom. The van der Waals surface area contributed by atoms with Crippen molar-refractivity contribution < 1.29 is 4.39 Å². The fourth-order valence-corrected chi connectivity index (χ4v) is 2.37. The lowest BCUT2D eigenvalue weighted by Gasteiger charge is -2.22. The van der Waals surface area contributed by atoms with Crippen LogP contribution in [0, 0.1) is 12.7 Å². The van der Waals surface area contributed by atoms with Gasteiger partial charge in [0.15, 0.2) is 0 Å². The van der Waals surface area contributed by atoms with E-state index in [-0.39, 0.29) is 5.82 Å². The predicted octanol–water partition coefficient (Wildman–Crippen LogP) is 4.25. The highest BCUT2D eigenvalue weighted by Gasteiger charge is 2.10. The second kappa shape index (κ2) is 4.98. The summed E-state index contributed by atoms with van der Waals surface area (Å²) in [7, 11) is 1.93. The summed E-state index contributed by atoms with van der Waals surface area (Å²) in [4.78, 5) is 1.98. The quantitative estimate of drug-likeness (QED) is 0.841. The first-order valence-corrected chi connectivity index (χ1v) is 6.33. The van der Waals surface area contributed by atoms with Crippen LogP contribution >= 0.6 is 15.9 Å². The summed E-state index contributed by atoms with van der Waals surface area (Å²) < 4.78 is 13.8. The molecule has 0 fully saturated rings. The molecule has 0 atom stereocenters. The molecule has 0 radical (unpaired) electrons. The minimum Gasteiger partial charge on any atom is -0.398 e. The molecular weight excluding hydrogens is 295 g/mol. The third kappa shape index (κ3) is 2.48. The van der Waals surface area contributed by atoms with E-state index in [0.29, 0.717) is 0 Å². The Morgan fingerprint density at radius 1 is 1.17 bits per heavy atom. The molecule has 2 rings (SSSR count). The molecule has 0 unspecified atom stereocenters. The molecule has 18 heavy (non-hydrogen) atoms. The van der Waals surface area contributed by atoms with Gasteiger partial charge in [0, 0.05) is 22.9 Å². The Bertz CT molecular complexity index is 567. The second-order valence-electron chi connectivity index (χ2n) is 4.20. The van der Waals surface area contributed by atoms with E-state index in [0.717, 1.165) is 27.1 Å². The van der Waals surface area contributed by atoms with Crippen LogP contribution in [0.15, 0.2) is 40.9 Å².